The van der Waals surface area contributed by atoms with Gasteiger partial charge in [0.25, 0.3) is 0 Å². The molecular weight excluding hydrogens is 200 g/mol. The zero-order chi connectivity index (χ0) is 11.4. The minimum Gasteiger partial charge on any atom is -0.508 e. The molecule has 5 nitrogen and oxygen atoms in total. The molecule has 0 spiro atoms. The van der Waals surface area contributed by atoms with Crippen LogP contribution in [-0.4, -0.2) is 27.4 Å². The highest BCUT2D eigenvalue weighted by Gasteiger charge is 2.17. The van der Waals surface area contributed by atoms with Gasteiger partial charge in [-0.1, -0.05) is 6.92 Å². The molecule has 0 saturated carbocycles. The summed E-state index contributed by atoms with van der Waals surface area (Å²) in [5.41, 5.74) is 0. The molecule has 0 aliphatic rings. The number of phenols is 2. The van der Waals surface area contributed by atoms with Crippen LogP contribution in [0.2, 0.25) is 0 Å². The van der Waals surface area contributed by atoms with E-state index in [4.69, 9.17) is 20.1 Å². The zero-order valence-electron chi connectivity index (χ0n) is 8.17. The summed E-state index contributed by atoms with van der Waals surface area (Å²) < 4.78 is 5.07. The van der Waals surface area contributed by atoms with Gasteiger partial charge >= 0.3 is 5.97 Å². The number of aliphatic carboxylic acids is 1. The summed E-state index contributed by atoms with van der Waals surface area (Å²) >= 11 is 0. The van der Waals surface area contributed by atoms with E-state index in [1.807, 2.05) is 0 Å². The lowest BCUT2D eigenvalue weighted by Crippen LogP contribution is -2.25. The molecule has 15 heavy (non-hydrogen) atoms. The van der Waals surface area contributed by atoms with E-state index >= 15 is 0 Å². The third-order valence-electron chi connectivity index (χ3n) is 1.80. The molecule has 82 valence electrons. The van der Waals surface area contributed by atoms with Crippen LogP contribution in [0.4, 0.5) is 0 Å². The van der Waals surface area contributed by atoms with Gasteiger partial charge in [0.2, 0.25) is 0 Å². The van der Waals surface area contributed by atoms with Gasteiger partial charge < -0.3 is 20.1 Å². The molecule has 1 aromatic carbocycles. The van der Waals surface area contributed by atoms with Crippen LogP contribution in [-0.2, 0) is 4.79 Å². The summed E-state index contributed by atoms with van der Waals surface area (Å²) in [4.78, 5) is 10.7. The van der Waals surface area contributed by atoms with Crippen LogP contribution in [0.1, 0.15) is 13.3 Å². The van der Waals surface area contributed by atoms with Crippen molar-refractivity contribution in [2.75, 3.05) is 0 Å². The number of hydrogen-bond acceptors (Lipinski definition) is 4. The first-order valence-electron chi connectivity index (χ1n) is 4.45. The predicted molar refractivity (Wildman–Crippen MR) is 52.1 cm³/mol. The van der Waals surface area contributed by atoms with Crippen molar-refractivity contribution >= 4 is 5.97 Å². The minimum absolute atomic E-state index is 0.127. The first-order chi connectivity index (χ1) is 7.02. The van der Waals surface area contributed by atoms with E-state index in [0.29, 0.717) is 6.42 Å². The van der Waals surface area contributed by atoms with Crippen LogP contribution in [0.3, 0.4) is 0 Å². The first kappa shape index (κ1) is 11.2. The predicted octanol–water partition coefficient (Wildman–Crippen LogP) is 1.34. The maximum Gasteiger partial charge on any atom is 0.344 e. The molecule has 1 atom stereocenters. The van der Waals surface area contributed by atoms with Gasteiger partial charge in [0.05, 0.1) is 0 Å². The summed E-state index contributed by atoms with van der Waals surface area (Å²) in [7, 11) is 0. The molecule has 0 bridgehead atoms. The van der Waals surface area contributed by atoms with Crippen molar-refractivity contribution in [3.63, 3.8) is 0 Å². The third kappa shape index (κ3) is 3.05. The average Bonchev–Trinajstić information content (AvgIpc) is 2.12. The van der Waals surface area contributed by atoms with Crippen molar-refractivity contribution in [3.8, 4) is 17.2 Å². The molecule has 0 amide bonds. The molecule has 0 aromatic heterocycles. The third-order valence-corrected chi connectivity index (χ3v) is 1.80. The highest BCUT2D eigenvalue weighted by Crippen LogP contribution is 2.26. The lowest BCUT2D eigenvalue weighted by molar-refractivity contribution is -0.145. The van der Waals surface area contributed by atoms with E-state index in [1.165, 1.54) is 12.1 Å². The first-order valence-corrected chi connectivity index (χ1v) is 4.45. The number of carbonyl (C=O) groups is 1. The summed E-state index contributed by atoms with van der Waals surface area (Å²) in [5.74, 6) is -1.31. The van der Waals surface area contributed by atoms with Crippen molar-refractivity contribution in [1.82, 2.24) is 0 Å². The Labute approximate surface area is 86.5 Å². The summed E-state index contributed by atoms with van der Waals surface area (Å²) in [5, 5.41) is 27.0. The van der Waals surface area contributed by atoms with Gasteiger partial charge in [0.15, 0.2) is 6.10 Å². The van der Waals surface area contributed by atoms with Crippen LogP contribution in [0.5, 0.6) is 17.2 Å². The molecule has 0 heterocycles. The largest absolute Gasteiger partial charge is 0.508 e. The molecule has 0 radical (unpaired) electrons. The van der Waals surface area contributed by atoms with E-state index in [0.717, 1.165) is 6.07 Å². The highest BCUT2D eigenvalue weighted by molar-refractivity contribution is 5.72. The van der Waals surface area contributed by atoms with Crippen molar-refractivity contribution in [3.05, 3.63) is 18.2 Å². The van der Waals surface area contributed by atoms with Crippen molar-refractivity contribution in [1.29, 1.82) is 0 Å². The van der Waals surface area contributed by atoms with Gasteiger partial charge in [-0.2, -0.15) is 0 Å². The van der Waals surface area contributed by atoms with Crippen LogP contribution in [0.25, 0.3) is 0 Å². The molecule has 1 unspecified atom stereocenters. The van der Waals surface area contributed by atoms with Crippen LogP contribution in [0, 0.1) is 0 Å². The molecule has 0 saturated heterocycles. The Morgan fingerprint density at radius 3 is 2.27 bits per heavy atom. The van der Waals surface area contributed by atoms with Gasteiger partial charge in [0, 0.05) is 18.2 Å². The number of rotatable bonds is 4. The number of ether oxygens (including phenoxy) is 1. The fourth-order valence-electron chi connectivity index (χ4n) is 1.11. The number of carboxylic acids is 1. The van der Waals surface area contributed by atoms with Gasteiger partial charge in [-0.15, -0.1) is 0 Å². The summed E-state index contributed by atoms with van der Waals surface area (Å²) in [6.45, 7) is 1.67. The second-order valence-corrected chi connectivity index (χ2v) is 3.04. The molecule has 0 aliphatic carbocycles. The number of carboxylic acid groups (broad SMARTS) is 1. The van der Waals surface area contributed by atoms with Crippen LogP contribution >= 0.6 is 0 Å². The molecule has 1 rings (SSSR count). The molecule has 0 aliphatic heterocycles. The molecule has 1 aromatic rings. The average molecular weight is 212 g/mol. The lowest BCUT2D eigenvalue weighted by atomic mass is 10.2. The Bertz CT molecular complexity index is 341. The van der Waals surface area contributed by atoms with E-state index < -0.39 is 12.1 Å². The molecule has 3 N–H and O–H groups in total. The van der Waals surface area contributed by atoms with Gasteiger partial charge in [-0.3, -0.25) is 0 Å². The number of hydrogen-bond donors (Lipinski definition) is 3. The summed E-state index contributed by atoms with van der Waals surface area (Å²) in [6.07, 6.45) is -0.683. The second-order valence-electron chi connectivity index (χ2n) is 3.04. The highest BCUT2D eigenvalue weighted by atomic mass is 16.5. The fourth-order valence-corrected chi connectivity index (χ4v) is 1.11. The van der Waals surface area contributed by atoms with E-state index in [2.05, 4.69) is 0 Å². The van der Waals surface area contributed by atoms with Gasteiger partial charge in [-0.25, -0.2) is 4.79 Å². The standard InChI is InChI=1S/C10H12O5/c1-2-9(10(13)14)15-8-4-6(11)3-7(12)5-8/h3-5,9,11-12H,2H2,1H3,(H,13,14). The molecule has 5 heteroatoms. The second kappa shape index (κ2) is 4.54. The molecular formula is C10H12O5. The van der Waals surface area contributed by atoms with Crippen molar-refractivity contribution in [2.45, 2.75) is 19.4 Å². The van der Waals surface area contributed by atoms with Crippen molar-refractivity contribution in [2.24, 2.45) is 0 Å². The maximum absolute atomic E-state index is 10.7. The van der Waals surface area contributed by atoms with E-state index in [-0.39, 0.29) is 17.2 Å². The maximum atomic E-state index is 10.7. The topological polar surface area (TPSA) is 87.0 Å². The Balaban J connectivity index is 2.83. The normalized spacial score (nSPS) is 12.1. The number of phenolic OH excluding ortho intramolecular Hbond substituents is 2. The fraction of sp³-hybridized carbons (Fsp3) is 0.300. The number of benzene rings is 1. The Morgan fingerprint density at radius 1 is 1.33 bits per heavy atom. The number of aromatic hydroxyl groups is 2. The van der Waals surface area contributed by atoms with Gasteiger partial charge in [-0.05, 0) is 6.42 Å². The molecule has 0 fully saturated rings. The minimum atomic E-state index is -1.08. The Morgan fingerprint density at radius 2 is 1.87 bits per heavy atom. The Hall–Kier alpha value is -1.91. The smallest absolute Gasteiger partial charge is 0.344 e. The van der Waals surface area contributed by atoms with Crippen LogP contribution in [0.15, 0.2) is 18.2 Å². The Kier molecular flexibility index (Phi) is 3.38. The SMILES string of the molecule is CCC(Oc1cc(O)cc(O)c1)C(=O)O. The quantitative estimate of drug-likeness (QED) is 0.701. The van der Waals surface area contributed by atoms with E-state index in [1.54, 1.807) is 6.92 Å². The van der Waals surface area contributed by atoms with Crippen molar-refractivity contribution < 1.29 is 24.9 Å². The van der Waals surface area contributed by atoms with Gasteiger partial charge in [0.1, 0.15) is 17.2 Å². The van der Waals surface area contributed by atoms with Crippen LogP contribution < -0.4 is 4.74 Å². The zero-order valence-corrected chi connectivity index (χ0v) is 8.17. The monoisotopic (exact) mass is 212 g/mol. The van der Waals surface area contributed by atoms with E-state index in [9.17, 15) is 4.79 Å². The lowest BCUT2D eigenvalue weighted by Gasteiger charge is -2.13. The summed E-state index contributed by atoms with van der Waals surface area (Å²) in [6, 6.07) is 3.62.